The van der Waals surface area contributed by atoms with Gasteiger partial charge in [0.25, 0.3) is 5.69 Å². The highest BCUT2D eigenvalue weighted by Crippen LogP contribution is 2.34. The van der Waals surface area contributed by atoms with Crippen molar-refractivity contribution in [3.8, 4) is 5.75 Å². The standard InChI is InChI=1S/C10H9ClN2O4/c11-6-3-10(15)12(5-6)8-4-7(13(16)17)1-2-9(8)14/h1-2,4,6,14H,3,5H2. The summed E-state index contributed by atoms with van der Waals surface area (Å²) in [5.74, 6) is -0.421. The van der Waals surface area contributed by atoms with Crippen LogP contribution in [0.2, 0.25) is 0 Å². The van der Waals surface area contributed by atoms with E-state index in [2.05, 4.69) is 0 Å². The number of benzene rings is 1. The fourth-order valence-corrected chi connectivity index (χ4v) is 2.01. The Bertz CT molecular complexity index is 491. The molecular formula is C10H9ClN2O4. The molecule has 2 rings (SSSR count). The monoisotopic (exact) mass is 256 g/mol. The van der Waals surface area contributed by atoms with Gasteiger partial charge in [0.2, 0.25) is 5.91 Å². The second-order valence-corrected chi connectivity index (χ2v) is 4.35. The number of anilines is 1. The van der Waals surface area contributed by atoms with E-state index in [0.29, 0.717) is 0 Å². The number of carbonyl (C=O) groups excluding carboxylic acids is 1. The highest BCUT2D eigenvalue weighted by molar-refractivity contribution is 6.24. The minimum Gasteiger partial charge on any atom is -0.506 e. The zero-order valence-electron chi connectivity index (χ0n) is 8.67. The molecule has 0 bridgehead atoms. The number of non-ortho nitro benzene ring substituents is 1. The Labute approximate surface area is 102 Å². The van der Waals surface area contributed by atoms with Crippen molar-refractivity contribution >= 4 is 28.9 Å². The Morgan fingerprint density at radius 3 is 2.76 bits per heavy atom. The summed E-state index contributed by atoms with van der Waals surface area (Å²) in [6.45, 7) is 0.245. The van der Waals surface area contributed by atoms with Crippen LogP contribution in [0.15, 0.2) is 18.2 Å². The van der Waals surface area contributed by atoms with Crippen molar-refractivity contribution in [1.82, 2.24) is 0 Å². The lowest BCUT2D eigenvalue weighted by Gasteiger charge is -2.16. The Morgan fingerprint density at radius 1 is 1.53 bits per heavy atom. The summed E-state index contributed by atoms with van der Waals surface area (Å²) in [6.07, 6.45) is 0.170. The molecule has 1 aromatic carbocycles. The predicted molar refractivity (Wildman–Crippen MR) is 61.4 cm³/mol. The Balaban J connectivity index is 2.41. The Kier molecular flexibility index (Phi) is 2.89. The highest BCUT2D eigenvalue weighted by Gasteiger charge is 2.31. The van der Waals surface area contributed by atoms with Crippen molar-refractivity contribution < 1.29 is 14.8 Å². The number of alkyl halides is 1. The van der Waals surface area contributed by atoms with E-state index in [-0.39, 0.29) is 41.4 Å². The van der Waals surface area contributed by atoms with Crippen LogP contribution in [0.25, 0.3) is 0 Å². The molecule has 1 fully saturated rings. The third kappa shape index (κ3) is 2.16. The van der Waals surface area contributed by atoms with E-state index in [9.17, 15) is 20.0 Å². The van der Waals surface area contributed by atoms with Gasteiger partial charge in [0, 0.05) is 25.1 Å². The van der Waals surface area contributed by atoms with Gasteiger partial charge in [0.1, 0.15) is 5.75 Å². The molecule has 7 heteroatoms. The number of hydrogen-bond donors (Lipinski definition) is 1. The van der Waals surface area contributed by atoms with Gasteiger partial charge in [-0.05, 0) is 6.07 Å². The lowest BCUT2D eigenvalue weighted by atomic mass is 10.2. The SMILES string of the molecule is O=C1CC(Cl)CN1c1cc([N+](=O)[O-])ccc1O. The molecular weight excluding hydrogens is 248 g/mol. The van der Waals surface area contributed by atoms with Crippen molar-refractivity contribution in [3.05, 3.63) is 28.3 Å². The number of rotatable bonds is 2. The number of carbonyl (C=O) groups is 1. The molecule has 0 spiro atoms. The molecule has 17 heavy (non-hydrogen) atoms. The van der Waals surface area contributed by atoms with Gasteiger partial charge in [-0.25, -0.2) is 0 Å². The molecule has 1 aliphatic rings. The highest BCUT2D eigenvalue weighted by atomic mass is 35.5. The lowest BCUT2D eigenvalue weighted by Crippen LogP contribution is -2.24. The number of nitro groups is 1. The first-order chi connectivity index (χ1) is 7.99. The number of phenols is 1. The number of halogens is 1. The summed E-state index contributed by atoms with van der Waals surface area (Å²) in [6, 6.07) is 3.54. The molecule has 0 saturated carbocycles. The molecule has 1 N–H and O–H groups in total. The van der Waals surface area contributed by atoms with Crippen molar-refractivity contribution in [1.29, 1.82) is 0 Å². The van der Waals surface area contributed by atoms with E-state index in [4.69, 9.17) is 11.6 Å². The minimum atomic E-state index is -0.582. The van der Waals surface area contributed by atoms with Gasteiger partial charge in [0.15, 0.2) is 0 Å². The number of nitro benzene ring substituents is 1. The largest absolute Gasteiger partial charge is 0.506 e. The molecule has 1 aromatic rings. The average Bonchev–Trinajstić information content (AvgIpc) is 2.58. The third-order valence-corrected chi connectivity index (χ3v) is 2.83. The number of hydrogen-bond acceptors (Lipinski definition) is 4. The van der Waals surface area contributed by atoms with Crippen LogP contribution < -0.4 is 4.90 Å². The average molecular weight is 257 g/mol. The molecule has 6 nitrogen and oxygen atoms in total. The molecule has 90 valence electrons. The van der Waals surface area contributed by atoms with Crippen molar-refractivity contribution in [2.75, 3.05) is 11.4 Å². The van der Waals surface area contributed by atoms with Crippen LogP contribution in [0.1, 0.15) is 6.42 Å². The number of amides is 1. The smallest absolute Gasteiger partial charge is 0.271 e. The third-order valence-electron chi connectivity index (χ3n) is 2.54. The van der Waals surface area contributed by atoms with E-state index in [1.165, 1.54) is 23.1 Å². The molecule has 1 unspecified atom stereocenters. The first kappa shape index (κ1) is 11.7. The maximum atomic E-state index is 11.6. The maximum absolute atomic E-state index is 11.6. The van der Waals surface area contributed by atoms with E-state index >= 15 is 0 Å². The van der Waals surface area contributed by atoms with Crippen molar-refractivity contribution in [2.24, 2.45) is 0 Å². The first-order valence-corrected chi connectivity index (χ1v) is 5.34. The van der Waals surface area contributed by atoms with Crippen LogP contribution in [-0.2, 0) is 4.79 Å². The van der Waals surface area contributed by atoms with Crippen LogP contribution in [-0.4, -0.2) is 27.9 Å². The quantitative estimate of drug-likeness (QED) is 0.495. The van der Waals surface area contributed by atoms with Gasteiger partial charge in [-0.15, -0.1) is 11.6 Å². The normalized spacial score (nSPS) is 19.7. The summed E-state index contributed by atoms with van der Waals surface area (Å²) in [5, 5.41) is 19.9. The van der Waals surface area contributed by atoms with Gasteiger partial charge in [-0.1, -0.05) is 0 Å². The van der Waals surface area contributed by atoms with E-state index in [1.807, 2.05) is 0 Å². The van der Waals surface area contributed by atoms with Crippen molar-refractivity contribution in [3.63, 3.8) is 0 Å². The van der Waals surface area contributed by atoms with Crippen LogP contribution in [0.4, 0.5) is 11.4 Å². The zero-order valence-corrected chi connectivity index (χ0v) is 9.42. The second kappa shape index (κ2) is 4.21. The molecule has 1 saturated heterocycles. The fourth-order valence-electron chi connectivity index (χ4n) is 1.74. The molecule has 0 radical (unpaired) electrons. The Morgan fingerprint density at radius 2 is 2.24 bits per heavy atom. The number of phenolic OH excluding ortho intramolecular Hbond substituents is 1. The molecule has 0 aliphatic carbocycles. The van der Waals surface area contributed by atoms with Crippen molar-refractivity contribution in [2.45, 2.75) is 11.8 Å². The lowest BCUT2D eigenvalue weighted by molar-refractivity contribution is -0.384. The Hall–Kier alpha value is -1.82. The van der Waals surface area contributed by atoms with Gasteiger partial charge in [0.05, 0.1) is 16.0 Å². The number of nitrogens with zero attached hydrogens (tertiary/aromatic N) is 2. The summed E-state index contributed by atoms with van der Waals surface area (Å²) in [4.78, 5) is 22.9. The van der Waals surface area contributed by atoms with Crippen LogP contribution in [0.5, 0.6) is 5.75 Å². The van der Waals surface area contributed by atoms with Crippen LogP contribution in [0, 0.1) is 10.1 Å². The summed E-state index contributed by atoms with van der Waals surface area (Å²) in [5.41, 5.74) is -0.0454. The van der Waals surface area contributed by atoms with E-state index in [0.717, 1.165) is 0 Å². The zero-order chi connectivity index (χ0) is 12.6. The molecule has 1 amide bonds. The van der Waals surface area contributed by atoms with Gasteiger partial charge in [-0.3, -0.25) is 14.9 Å². The molecule has 0 aromatic heterocycles. The van der Waals surface area contributed by atoms with E-state index in [1.54, 1.807) is 0 Å². The molecule has 1 heterocycles. The van der Waals surface area contributed by atoms with Crippen LogP contribution >= 0.6 is 11.6 Å². The van der Waals surface area contributed by atoms with Gasteiger partial charge < -0.3 is 10.0 Å². The summed E-state index contributed by atoms with van der Waals surface area (Å²) >= 11 is 5.83. The fraction of sp³-hybridized carbons (Fsp3) is 0.300. The molecule has 1 atom stereocenters. The summed E-state index contributed by atoms with van der Waals surface area (Å²) < 4.78 is 0. The topological polar surface area (TPSA) is 83.7 Å². The van der Waals surface area contributed by atoms with Crippen LogP contribution in [0.3, 0.4) is 0 Å². The maximum Gasteiger partial charge on any atom is 0.271 e. The summed E-state index contributed by atoms with van der Waals surface area (Å²) in [7, 11) is 0. The number of aromatic hydroxyl groups is 1. The van der Waals surface area contributed by atoms with E-state index < -0.39 is 4.92 Å². The minimum absolute atomic E-state index is 0.132. The second-order valence-electron chi connectivity index (χ2n) is 3.74. The first-order valence-electron chi connectivity index (χ1n) is 4.91. The van der Waals surface area contributed by atoms with Gasteiger partial charge >= 0.3 is 0 Å². The predicted octanol–water partition coefficient (Wildman–Crippen LogP) is 1.64. The molecule has 1 aliphatic heterocycles. The van der Waals surface area contributed by atoms with Gasteiger partial charge in [-0.2, -0.15) is 0 Å².